The minimum absolute atomic E-state index is 0.760. The van der Waals surface area contributed by atoms with Crippen LogP contribution in [-0.2, 0) is 0 Å². The van der Waals surface area contributed by atoms with Crippen LogP contribution in [0.2, 0.25) is 0 Å². The van der Waals surface area contributed by atoms with E-state index in [-0.39, 0.29) is 0 Å². The molecule has 2 bridgehead atoms. The monoisotopic (exact) mass is 187 g/mol. The number of rotatable bonds is 2. The van der Waals surface area contributed by atoms with Gasteiger partial charge in [0, 0.05) is 11.7 Å². The zero-order valence-corrected chi connectivity index (χ0v) is 8.45. The van der Waals surface area contributed by atoms with Crippen molar-refractivity contribution in [2.24, 2.45) is 11.8 Å². The molecule has 2 saturated carbocycles. The molecule has 0 saturated heterocycles. The molecule has 1 aromatic carbocycles. The van der Waals surface area contributed by atoms with Crippen LogP contribution in [0.3, 0.4) is 0 Å². The molecule has 0 aromatic heterocycles. The average Bonchev–Trinajstić information content (AvgIpc) is 2.81. The molecule has 1 nitrogen and oxygen atoms in total. The first-order chi connectivity index (χ1) is 6.92. The molecule has 3 atom stereocenters. The van der Waals surface area contributed by atoms with Crippen LogP contribution in [0.5, 0.6) is 0 Å². The van der Waals surface area contributed by atoms with Gasteiger partial charge in [0.25, 0.3) is 0 Å². The van der Waals surface area contributed by atoms with Gasteiger partial charge in [-0.1, -0.05) is 24.6 Å². The van der Waals surface area contributed by atoms with Crippen LogP contribution >= 0.6 is 0 Å². The standard InChI is InChI=1S/C13H17N/c1-2-4-12(5-3-1)14-13-9-10-6-7-11(13)8-10/h1-5,10-11,13-14H,6-9H2/t10-,11+,13?/m0/s1. The Kier molecular flexibility index (Phi) is 1.97. The van der Waals surface area contributed by atoms with Crippen molar-refractivity contribution in [2.75, 3.05) is 5.32 Å². The van der Waals surface area contributed by atoms with E-state index in [1.807, 2.05) is 0 Å². The lowest BCUT2D eigenvalue weighted by Crippen LogP contribution is -2.25. The van der Waals surface area contributed by atoms with Gasteiger partial charge in [0.2, 0.25) is 0 Å². The van der Waals surface area contributed by atoms with Crippen molar-refractivity contribution < 1.29 is 0 Å². The Hall–Kier alpha value is -0.980. The van der Waals surface area contributed by atoms with E-state index in [0.29, 0.717) is 0 Å². The summed E-state index contributed by atoms with van der Waals surface area (Å²) < 4.78 is 0. The lowest BCUT2D eigenvalue weighted by atomic mass is 9.95. The van der Waals surface area contributed by atoms with Crippen LogP contribution in [0, 0.1) is 11.8 Å². The largest absolute Gasteiger partial charge is 0.382 e. The molecule has 2 aliphatic rings. The van der Waals surface area contributed by atoms with E-state index in [2.05, 4.69) is 35.6 Å². The van der Waals surface area contributed by atoms with Gasteiger partial charge in [0.1, 0.15) is 0 Å². The molecule has 1 aromatic rings. The van der Waals surface area contributed by atoms with Crippen LogP contribution in [0.1, 0.15) is 25.7 Å². The van der Waals surface area contributed by atoms with Gasteiger partial charge in [-0.15, -0.1) is 0 Å². The minimum Gasteiger partial charge on any atom is -0.382 e. The van der Waals surface area contributed by atoms with E-state index < -0.39 is 0 Å². The Balaban J connectivity index is 1.69. The Labute approximate surface area is 85.5 Å². The van der Waals surface area contributed by atoms with Crippen molar-refractivity contribution in [1.29, 1.82) is 0 Å². The highest BCUT2D eigenvalue weighted by Gasteiger charge is 2.39. The number of benzene rings is 1. The molecule has 3 rings (SSSR count). The molecule has 0 aliphatic heterocycles. The maximum Gasteiger partial charge on any atom is 0.0342 e. The maximum absolute atomic E-state index is 3.67. The third kappa shape index (κ3) is 1.41. The molecule has 2 fully saturated rings. The number of anilines is 1. The highest BCUT2D eigenvalue weighted by atomic mass is 14.9. The summed E-state index contributed by atoms with van der Waals surface area (Å²) in [6.45, 7) is 0. The molecule has 0 radical (unpaired) electrons. The van der Waals surface area contributed by atoms with Gasteiger partial charge in [-0.05, 0) is 43.2 Å². The first-order valence-corrected chi connectivity index (χ1v) is 5.73. The summed E-state index contributed by atoms with van der Waals surface area (Å²) in [5, 5.41) is 3.67. The smallest absolute Gasteiger partial charge is 0.0342 e. The normalized spacial score (nSPS) is 34.7. The van der Waals surface area contributed by atoms with Gasteiger partial charge in [0.15, 0.2) is 0 Å². The third-order valence-electron chi connectivity index (χ3n) is 3.86. The Bertz CT molecular complexity index is 306. The number of hydrogen-bond donors (Lipinski definition) is 1. The van der Waals surface area contributed by atoms with Gasteiger partial charge < -0.3 is 5.32 Å². The number of nitrogens with one attached hydrogen (secondary N) is 1. The van der Waals surface area contributed by atoms with E-state index in [1.165, 1.54) is 31.4 Å². The number of hydrogen-bond acceptors (Lipinski definition) is 1. The topological polar surface area (TPSA) is 12.0 Å². The highest BCUT2D eigenvalue weighted by molar-refractivity contribution is 5.44. The van der Waals surface area contributed by atoms with Crippen molar-refractivity contribution in [2.45, 2.75) is 31.7 Å². The van der Waals surface area contributed by atoms with Gasteiger partial charge in [0.05, 0.1) is 0 Å². The fourth-order valence-corrected chi connectivity index (χ4v) is 3.17. The summed E-state index contributed by atoms with van der Waals surface area (Å²) in [6, 6.07) is 11.4. The first-order valence-electron chi connectivity index (χ1n) is 5.73. The van der Waals surface area contributed by atoms with Gasteiger partial charge in [-0.3, -0.25) is 0 Å². The molecule has 74 valence electrons. The summed E-state index contributed by atoms with van der Waals surface area (Å²) >= 11 is 0. The zero-order chi connectivity index (χ0) is 9.38. The SMILES string of the molecule is c1ccc(NC2C[C@H]3CC[C@@H]2C3)cc1. The fraction of sp³-hybridized carbons (Fsp3) is 0.538. The second kappa shape index (κ2) is 3.30. The Morgan fingerprint density at radius 1 is 1.00 bits per heavy atom. The van der Waals surface area contributed by atoms with E-state index in [9.17, 15) is 0 Å². The van der Waals surface area contributed by atoms with Crippen LogP contribution < -0.4 is 5.32 Å². The molecular weight excluding hydrogens is 170 g/mol. The van der Waals surface area contributed by atoms with E-state index in [1.54, 1.807) is 0 Å². The highest BCUT2D eigenvalue weighted by Crippen LogP contribution is 2.45. The lowest BCUT2D eigenvalue weighted by molar-refractivity contribution is 0.440. The van der Waals surface area contributed by atoms with E-state index in [4.69, 9.17) is 0 Å². The summed E-state index contributed by atoms with van der Waals surface area (Å²) in [6.07, 6.45) is 5.82. The molecular formula is C13H17N. The van der Waals surface area contributed by atoms with Gasteiger partial charge >= 0.3 is 0 Å². The van der Waals surface area contributed by atoms with Gasteiger partial charge in [-0.2, -0.15) is 0 Å². The molecule has 0 amide bonds. The average molecular weight is 187 g/mol. The summed E-state index contributed by atoms with van der Waals surface area (Å²) in [5.74, 6) is 1.99. The van der Waals surface area contributed by atoms with E-state index >= 15 is 0 Å². The maximum atomic E-state index is 3.67. The molecule has 1 heteroatoms. The Morgan fingerprint density at radius 2 is 1.86 bits per heavy atom. The predicted molar refractivity (Wildman–Crippen MR) is 59.3 cm³/mol. The fourth-order valence-electron chi connectivity index (χ4n) is 3.17. The Morgan fingerprint density at radius 3 is 2.50 bits per heavy atom. The van der Waals surface area contributed by atoms with Gasteiger partial charge in [-0.25, -0.2) is 0 Å². The van der Waals surface area contributed by atoms with Crippen molar-refractivity contribution in [1.82, 2.24) is 0 Å². The predicted octanol–water partition coefficient (Wildman–Crippen LogP) is 3.29. The molecule has 0 spiro atoms. The summed E-state index contributed by atoms with van der Waals surface area (Å²) in [4.78, 5) is 0. The summed E-state index contributed by atoms with van der Waals surface area (Å²) in [5.41, 5.74) is 1.30. The number of fused-ring (bicyclic) bond motifs is 2. The van der Waals surface area contributed by atoms with Crippen molar-refractivity contribution in [3.8, 4) is 0 Å². The minimum atomic E-state index is 0.760. The van der Waals surface area contributed by atoms with Crippen LogP contribution in [0.15, 0.2) is 30.3 Å². The lowest BCUT2D eigenvalue weighted by Gasteiger charge is -2.23. The number of para-hydroxylation sites is 1. The second-order valence-corrected chi connectivity index (χ2v) is 4.79. The molecule has 1 N–H and O–H groups in total. The van der Waals surface area contributed by atoms with Crippen LogP contribution in [-0.4, -0.2) is 6.04 Å². The molecule has 2 aliphatic carbocycles. The molecule has 1 unspecified atom stereocenters. The molecule has 0 heterocycles. The molecule has 14 heavy (non-hydrogen) atoms. The van der Waals surface area contributed by atoms with Crippen molar-refractivity contribution in [3.63, 3.8) is 0 Å². The quantitative estimate of drug-likeness (QED) is 0.749. The van der Waals surface area contributed by atoms with Crippen molar-refractivity contribution in [3.05, 3.63) is 30.3 Å². The van der Waals surface area contributed by atoms with E-state index in [0.717, 1.165) is 17.9 Å². The van der Waals surface area contributed by atoms with Crippen molar-refractivity contribution >= 4 is 5.69 Å². The second-order valence-electron chi connectivity index (χ2n) is 4.79. The van der Waals surface area contributed by atoms with Crippen LogP contribution in [0.25, 0.3) is 0 Å². The van der Waals surface area contributed by atoms with Crippen LogP contribution in [0.4, 0.5) is 5.69 Å². The third-order valence-corrected chi connectivity index (χ3v) is 3.86. The zero-order valence-electron chi connectivity index (χ0n) is 8.45. The first kappa shape index (κ1) is 8.34. The summed E-state index contributed by atoms with van der Waals surface area (Å²) in [7, 11) is 0.